The lowest BCUT2D eigenvalue weighted by Gasteiger charge is -2.45. The predicted octanol–water partition coefficient (Wildman–Crippen LogP) is 3.95. The van der Waals surface area contributed by atoms with Crippen LogP contribution in [0, 0.1) is 11.2 Å². The van der Waals surface area contributed by atoms with E-state index in [2.05, 4.69) is 4.90 Å². The number of carbonyl (C=O) groups is 2. The van der Waals surface area contributed by atoms with Gasteiger partial charge in [-0.3, -0.25) is 5.41 Å². The van der Waals surface area contributed by atoms with Gasteiger partial charge in [-0.15, -0.1) is 0 Å². The number of benzene rings is 1. The Morgan fingerprint density at radius 2 is 1.85 bits per heavy atom. The van der Waals surface area contributed by atoms with Crippen LogP contribution in [0.4, 0.5) is 14.9 Å². The number of nitrogens with zero attached hydrogens (tertiary/aromatic N) is 3. The van der Waals surface area contributed by atoms with Gasteiger partial charge in [0.05, 0.1) is 6.61 Å². The summed E-state index contributed by atoms with van der Waals surface area (Å²) in [6, 6.07) is 5.36. The largest absolute Gasteiger partial charge is 0.450 e. The molecule has 1 spiro atoms. The van der Waals surface area contributed by atoms with Crippen molar-refractivity contribution in [3.05, 3.63) is 29.6 Å². The van der Waals surface area contributed by atoms with Crippen molar-refractivity contribution in [3.63, 3.8) is 0 Å². The summed E-state index contributed by atoms with van der Waals surface area (Å²) < 4.78 is 19.4. The van der Waals surface area contributed by atoms with Crippen LogP contribution in [0.2, 0.25) is 0 Å². The molecule has 0 aromatic heterocycles. The number of likely N-dealkylation sites (tertiary alicyclic amines) is 2. The molecule has 1 amide bonds. The van der Waals surface area contributed by atoms with E-state index in [-0.39, 0.29) is 23.1 Å². The number of fused-ring (bicyclic) bond motifs is 2. The van der Waals surface area contributed by atoms with E-state index in [0.29, 0.717) is 37.9 Å². The summed E-state index contributed by atoms with van der Waals surface area (Å²) >= 11 is 0. The van der Waals surface area contributed by atoms with E-state index in [1.807, 2.05) is 11.8 Å². The zero-order chi connectivity index (χ0) is 23.6. The summed E-state index contributed by atoms with van der Waals surface area (Å²) in [6.07, 6.45) is 4.27. The highest BCUT2D eigenvalue weighted by molar-refractivity contribution is 5.99. The summed E-state index contributed by atoms with van der Waals surface area (Å²) in [4.78, 5) is 29.7. The van der Waals surface area contributed by atoms with Gasteiger partial charge >= 0.3 is 6.09 Å². The van der Waals surface area contributed by atoms with E-state index >= 15 is 0 Å². The lowest BCUT2D eigenvalue weighted by molar-refractivity contribution is -0.116. The van der Waals surface area contributed by atoms with Gasteiger partial charge in [0.2, 0.25) is 0 Å². The number of ether oxygens (including phenoxy) is 1. The molecule has 0 bridgehead atoms. The lowest BCUT2D eigenvalue weighted by atomic mass is 9.74. The molecule has 3 heterocycles. The molecule has 0 aliphatic carbocycles. The fourth-order valence-electron chi connectivity index (χ4n) is 5.68. The molecule has 33 heavy (non-hydrogen) atoms. The van der Waals surface area contributed by atoms with Gasteiger partial charge in [0.25, 0.3) is 0 Å². The minimum absolute atomic E-state index is 0.0790. The van der Waals surface area contributed by atoms with Gasteiger partial charge in [-0.1, -0.05) is 0 Å². The number of halogens is 1. The molecule has 0 saturated carbocycles. The second kappa shape index (κ2) is 9.79. The number of hydrogen-bond donors (Lipinski definition) is 1. The second-order valence-electron chi connectivity index (χ2n) is 9.63. The van der Waals surface area contributed by atoms with Gasteiger partial charge in [0.15, 0.2) is 0 Å². The number of Topliss-reactive ketones (excluding diaryl/α,β-unsaturated/α-hetero) is 1. The molecule has 7 nitrogen and oxygen atoms in total. The Labute approximate surface area is 195 Å². The molecular formula is C25H35FN4O3. The third kappa shape index (κ3) is 4.90. The summed E-state index contributed by atoms with van der Waals surface area (Å²) in [7, 11) is 0. The molecule has 180 valence electrons. The Bertz CT molecular complexity index is 905. The highest BCUT2D eigenvalue weighted by Gasteiger charge is 2.46. The number of ketones is 1. The molecule has 0 atom stereocenters. The van der Waals surface area contributed by atoms with Crippen LogP contribution in [0.25, 0.3) is 0 Å². The van der Waals surface area contributed by atoms with E-state index in [4.69, 9.17) is 10.1 Å². The van der Waals surface area contributed by atoms with E-state index in [0.717, 1.165) is 63.1 Å². The first-order chi connectivity index (χ1) is 15.8. The van der Waals surface area contributed by atoms with Crippen LogP contribution in [-0.2, 0) is 14.9 Å². The van der Waals surface area contributed by atoms with E-state index in [1.54, 1.807) is 24.0 Å². The van der Waals surface area contributed by atoms with Crippen molar-refractivity contribution in [2.75, 3.05) is 44.2 Å². The van der Waals surface area contributed by atoms with Crippen LogP contribution in [0.15, 0.2) is 18.2 Å². The van der Waals surface area contributed by atoms with Crippen LogP contribution in [0.1, 0.15) is 57.9 Å². The highest BCUT2D eigenvalue weighted by atomic mass is 19.1. The molecule has 0 unspecified atom stereocenters. The van der Waals surface area contributed by atoms with Gasteiger partial charge in [0, 0.05) is 49.6 Å². The number of hydrogen-bond acceptors (Lipinski definition) is 5. The van der Waals surface area contributed by atoms with Crippen molar-refractivity contribution >= 4 is 23.4 Å². The van der Waals surface area contributed by atoms with Crippen molar-refractivity contribution in [1.82, 2.24) is 9.80 Å². The molecule has 3 aliphatic heterocycles. The molecular weight excluding hydrogens is 423 g/mol. The molecule has 1 aromatic carbocycles. The van der Waals surface area contributed by atoms with Crippen molar-refractivity contribution in [3.8, 4) is 0 Å². The SMILES string of the molecule is CCOC(=O)N1CCC(N2CCC3(CC2)CN(C(=N)CCC(C)=O)c2ccc(F)cc23)CC1. The molecule has 3 aliphatic rings. The van der Waals surface area contributed by atoms with Crippen molar-refractivity contribution in [1.29, 1.82) is 5.41 Å². The number of nitrogens with one attached hydrogen (secondary N) is 1. The standard InChI is InChI=1S/C25H35FN4O3/c1-3-33-24(32)29-12-8-20(9-13-29)28-14-10-25(11-15-28)17-30(23(27)7-4-18(2)31)22-6-5-19(26)16-21(22)25/h5-6,16,20,27H,3-4,7-15,17H2,1-2H3. The van der Waals surface area contributed by atoms with Crippen molar-refractivity contribution in [2.24, 2.45) is 0 Å². The van der Waals surface area contributed by atoms with Crippen LogP contribution in [0.5, 0.6) is 0 Å². The normalized spacial score (nSPS) is 20.7. The van der Waals surface area contributed by atoms with Gasteiger partial charge in [-0.25, -0.2) is 9.18 Å². The molecule has 2 fully saturated rings. The molecule has 4 rings (SSSR count). The number of anilines is 1. The second-order valence-corrected chi connectivity index (χ2v) is 9.63. The Hall–Kier alpha value is -2.48. The maximum absolute atomic E-state index is 14.2. The first-order valence-electron chi connectivity index (χ1n) is 12.1. The topological polar surface area (TPSA) is 76.9 Å². The number of amidine groups is 1. The molecule has 1 N–H and O–H groups in total. The van der Waals surface area contributed by atoms with Crippen molar-refractivity contribution in [2.45, 2.75) is 63.8 Å². The number of amides is 1. The van der Waals surface area contributed by atoms with Gasteiger partial charge in [-0.2, -0.15) is 0 Å². The molecule has 1 aromatic rings. The Kier molecular flexibility index (Phi) is 7.02. The Morgan fingerprint density at radius 1 is 1.15 bits per heavy atom. The van der Waals surface area contributed by atoms with Crippen molar-refractivity contribution < 1.29 is 18.7 Å². The minimum atomic E-state index is -0.237. The third-order valence-electron chi connectivity index (χ3n) is 7.58. The predicted molar refractivity (Wildman–Crippen MR) is 125 cm³/mol. The van der Waals surface area contributed by atoms with Crippen LogP contribution < -0.4 is 4.90 Å². The molecule has 0 radical (unpaired) electrons. The molecule has 8 heteroatoms. The van der Waals surface area contributed by atoms with Gasteiger partial charge in [-0.05, 0) is 76.4 Å². The summed E-state index contributed by atoms with van der Waals surface area (Å²) in [6.45, 7) is 7.75. The first kappa shape index (κ1) is 23.7. The maximum atomic E-state index is 14.2. The Morgan fingerprint density at radius 3 is 2.48 bits per heavy atom. The summed E-state index contributed by atoms with van der Waals surface area (Å²) in [5.74, 6) is 0.276. The minimum Gasteiger partial charge on any atom is -0.450 e. The first-order valence-corrected chi connectivity index (χ1v) is 12.1. The zero-order valence-electron chi connectivity index (χ0n) is 19.7. The van der Waals surface area contributed by atoms with Crippen LogP contribution in [0.3, 0.4) is 0 Å². The third-order valence-corrected chi connectivity index (χ3v) is 7.58. The fraction of sp³-hybridized carbons (Fsp3) is 0.640. The maximum Gasteiger partial charge on any atom is 0.409 e. The zero-order valence-corrected chi connectivity index (χ0v) is 19.7. The Balaban J connectivity index is 1.41. The summed E-state index contributed by atoms with van der Waals surface area (Å²) in [5, 5.41) is 8.58. The highest BCUT2D eigenvalue weighted by Crippen LogP contribution is 2.48. The van der Waals surface area contributed by atoms with E-state index in [1.165, 1.54) is 6.07 Å². The number of carbonyl (C=O) groups excluding carboxylic acids is 2. The summed E-state index contributed by atoms with van der Waals surface area (Å²) in [5.41, 5.74) is 1.76. The monoisotopic (exact) mass is 458 g/mol. The van der Waals surface area contributed by atoms with Gasteiger partial charge < -0.3 is 24.2 Å². The number of piperidine rings is 2. The van der Waals surface area contributed by atoms with Gasteiger partial charge in [0.1, 0.15) is 17.4 Å². The average Bonchev–Trinajstić information content (AvgIpc) is 3.11. The lowest BCUT2D eigenvalue weighted by Crippen LogP contribution is -2.52. The molecule has 2 saturated heterocycles. The van der Waals surface area contributed by atoms with Crippen LogP contribution in [-0.4, -0.2) is 72.9 Å². The van der Waals surface area contributed by atoms with E-state index < -0.39 is 0 Å². The number of rotatable bonds is 5. The smallest absolute Gasteiger partial charge is 0.409 e. The average molecular weight is 459 g/mol. The fourth-order valence-corrected chi connectivity index (χ4v) is 5.68. The quantitative estimate of drug-likeness (QED) is 0.534. The van der Waals surface area contributed by atoms with E-state index in [9.17, 15) is 14.0 Å². The van der Waals surface area contributed by atoms with Crippen LogP contribution >= 0.6 is 0 Å².